The Morgan fingerprint density at radius 3 is 2.41 bits per heavy atom. The fourth-order valence-electron chi connectivity index (χ4n) is 3.53. The van der Waals surface area contributed by atoms with Crippen LogP contribution >= 0.6 is 0 Å². The lowest BCUT2D eigenvalue weighted by molar-refractivity contribution is -0.131. The van der Waals surface area contributed by atoms with E-state index in [0.717, 1.165) is 29.7 Å². The summed E-state index contributed by atoms with van der Waals surface area (Å²) < 4.78 is 1.63. The summed E-state index contributed by atoms with van der Waals surface area (Å²) in [6.45, 7) is 9.66. The predicted octanol–water partition coefficient (Wildman–Crippen LogP) is 3.26. The quantitative estimate of drug-likeness (QED) is 0.837. The Bertz CT molecular complexity index is 872. The third kappa shape index (κ3) is 4.46. The van der Waals surface area contributed by atoms with Crippen molar-refractivity contribution < 1.29 is 4.79 Å². The monoisotopic (exact) mass is 367 g/mol. The number of likely N-dealkylation sites (tertiary alicyclic amines) is 1. The Labute approximate surface area is 161 Å². The highest BCUT2D eigenvalue weighted by Gasteiger charge is 2.26. The number of carbonyl (C=O) groups excluding carboxylic acids is 1. The molecule has 1 amide bonds. The zero-order valence-electron chi connectivity index (χ0n) is 16.7. The van der Waals surface area contributed by atoms with Gasteiger partial charge in [-0.15, -0.1) is 0 Å². The Morgan fingerprint density at radius 2 is 1.78 bits per heavy atom. The standard InChI is InChI=1S/C22H29N3O2/c1-16-7-5-6-8-17(16)15-21(27)24-13-11-18(12-14-24)25-20(26)10-9-19(23-25)22(2,3)4/h5-10,18H,11-15H2,1-4H3. The van der Waals surface area contributed by atoms with Crippen LogP contribution in [0.2, 0.25) is 0 Å². The van der Waals surface area contributed by atoms with Crippen molar-refractivity contribution >= 4 is 5.91 Å². The number of benzene rings is 1. The van der Waals surface area contributed by atoms with Crippen LogP contribution in [0.15, 0.2) is 41.2 Å². The van der Waals surface area contributed by atoms with Crippen LogP contribution in [0, 0.1) is 6.92 Å². The number of amides is 1. The molecule has 0 radical (unpaired) electrons. The first-order chi connectivity index (χ1) is 12.8. The van der Waals surface area contributed by atoms with Crippen LogP contribution in [0.25, 0.3) is 0 Å². The van der Waals surface area contributed by atoms with Crippen molar-refractivity contribution in [2.45, 2.75) is 58.4 Å². The Kier molecular flexibility index (Phi) is 5.49. The SMILES string of the molecule is Cc1ccccc1CC(=O)N1CCC(n2nc(C(C)(C)C)ccc2=O)CC1. The van der Waals surface area contributed by atoms with Crippen LogP contribution in [0.4, 0.5) is 0 Å². The zero-order valence-corrected chi connectivity index (χ0v) is 16.7. The van der Waals surface area contributed by atoms with Gasteiger partial charge in [0.05, 0.1) is 18.2 Å². The molecule has 0 saturated carbocycles. The minimum absolute atomic E-state index is 0.0577. The fraction of sp³-hybridized carbons (Fsp3) is 0.500. The second-order valence-corrected chi connectivity index (χ2v) is 8.47. The Balaban J connectivity index is 1.66. The van der Waals surface area contributed by atoms with Crippen LogP contribution in [0.5, 0.6) is 0 Å². The third-order valence-corrected chi connectivity index (χ3v) is 5.36. The van der Waals surface area contributed by atoms with Gasteiger partial charge in [0.2, 0.25) is 5.91 Å². The largest absolute Gasteiger partial charge is 0.342 e. The molecule has 0 aliphatic carbocycles. The first kappa shape index (κ1) is 19.3. The third-order valence-electron chi connectivity index (χ3n) is 5.36. The zero-order chi connectivity index (χ0) is 19.6. The number of aromatic nitrogens is 2. The summed E-state index contributed by atoms with van der Waals surface area (Å²) in [7, 11) is 0. The number of carbonyl (C=O) groups is 1. The molecule has 1 fully saturated rings. The van der Waals surface area contributed by atoms with E-state index in [0.29, 0.717) is 19.5 Å². The fourth-order valence-corrected chi connectivity index (χ4v) is 3.53. The Morgan fingerprint density at radius 1 is 1.11 bits per heavy atom. The first-order valence-corrected chi connectivity index (χ1v) is 9.68. The van der Waals surface area contributed by atoms with Crippen LogP contribution in [-0.4, -0.2) is 33.7 Å². The average Bonchev–Trinajstić information content (AvgIpc) is 2.63. The summed E-state index contributed by atoms with van der Waals surface area (Å²) in [6.07, 6.45) is 1.97. The molecule has 0 bridgehead atoms. The number of piperidine rings is 1. The molecule has 2 heterocycles. The van der Waals surface area contributed by atoms with Crippen LogP contribution < -0.4 is 5.56 Å². The molecule has 1 aromatic heterocycles. The lowest BCUT2D eigenvalue weighted by atomic mass is 9.92. The molecule has 0 N–H and O–H groups in total. The molecule has 1 saturated heterocycles. The first-order valence-electron chi connectivity index (χ1n) is 9.68. The van der Waals surface area contributed by atoms with Crippen molar-refractivity contribution in [3.63, 3.8) is 0 Å². The van der Waals surface area contributed by atoms with Crippen molar-refractivity contribution in [2.24, 2.45) is 0 Å². The molecule has 2 aromatic rings. The van der Waals surface area contributed by atoms with E-state index in [-0.39, 0.29) is 22.9 Å². The summed E-state index contributed by atoms with van der Waals surface area (Å²) in [5.41, 5.74) is 2.99. The van der Waals surface area contributed by atoms with E-state index in [1.54, 1.807) is 10.7 Å². The molecular weight excluding hydrogens is 338 g/mol. The smallest absolute Gasteiger partial charge is 0.267 e. The van der Waals surface area contributed by atoms with Crippen LogP contribution in [-0.2, 0) is 16.6 Å². The van der Waals surface area contributed by atoms with E-state index in [1.807, 2.05) is 42.2 Å². The molecule has 0 spiro atoms. The van der Waals surface area contributed by atoms with Gasteiger partial charge in [0.15, 0.2) is 0 Å². The van der Waals surface area contributed by atoms with Gasteiger partial charge in [-0.3, -0.25) is 9.59 Å². The highest BCUT2D eigenvalue weighted by atomic mass is 16.2. The molecule has 3 rings (SSSR count). The number of rotatable bonds is 3. The molecule has 1 aromatic carbocycles. The summed E-state index contributed by atoms with van der Waals surface area (Å²) in [5.74, 6) is 0.159. The average molecular weight is 367 g/mol. The maximum absolute atomic E-state index is 12.7. The lowest BCUT2D eigenvalue weighted by Gasteiger charge is -2.33. The van der Waals surface area contributed by atoms with Gasteiger partial charge in [0, 0.05) is 24.6 Å². The summed E-state index contributed by atoms with van der Waals surface area (Å²) in [6, 6.07) is 11.5. The molecule has 5 nitrogen and oxygen atoms in total. The summed E-state index contributed by atoms with van der Waals surface area (Å²) >= 11 is 0. The van der Waals surface area contributed by atoms with E-state index in [1.165, 1.54) is 0 Å². The molecule has 1 aliphatic heterocycles. The lowest BCUT2D eigenvalue weighted by Crippen LogP contribution is -2.42. The minimum atomic E-state index is -0.0976. The van der Waals surface area contributed by atoms with E-state index >= 15 is 0 Å². The van der Waals surface area contributed by atoms with Gasteiger partial charge in [0.25, 0.3) is 5.56 Å². The van der Waals surface area contributed by atoms with Gasteiger partial charge < -0.3 is 4.90 Å². The van der Waals surface area contributed by atoms with E-state index in [9.17, 15) is 9.59 Å². The molecule has 5 heteroatoms. The van der Waals surface area contributed by atoms with Crippen molar-refractivity contribution in [3.05, 3.63) is 63.6 Å². The van der Waals surface area contributed by atoms with Gasteiger partial charge in [0.1, 0.15) is 0 Å². The van der Waals surface area contributed by atoms with Gasteiger partial charge in [-0.05, 0) is 37.0 Å². The van der Waals surface area contributed by atoms with Crippen molar-refractivity contribution in [2.75, 3.05) is 13.1 Å². The topological polar surface area (TPSA) is 55.2 Å². The normalized spacial score (nSPS) is 15.8. The van der Waals surface area contributed by atoms with Gasteiger partial charge in [-0.1, -0.05) is 45.0 Å². The van der Waals surface area contributed by atoms with Crippen molar-refractivity contribution in [1.82, 2.24) is 14.7 Å². The maximum Gasteiger partial charge on any atom is 0.267 e. The highest BCUT2D eigenvalue weighted by Crippen LogP contribution is 2.23. The van der Waals surface area contributed by atoms with Gasteiger partial charge in [-0.2, -0.15) is 5.10 Å². The summed E-state index contributed by atoms with van der Waals surface area (Å²) in [5, 5.41) is 4.62. The number of hydrogen-bond acceptors (Lipinski definition) is 3. The molecular formula is C22H29N3O2. The molecule has 144 valence electrons. The number of hydrogen-bond donors (Lipinski definition) is 0. The highest BCUT2D eigenvalue weighted by molar-refractivity contribution is 5.79. The number of aryl methyl sites for hydroxylation is 1. The van der Waals surface area contributed by atoms with Gasteiger partial charge in [-0.25, -0.2) is 4.68 Å². The van der Waals surface area contributed by atoms with Crippen LogP contribution in [0.3, 0.4) is 0 Å². The molecule has 27 heavy (non-hydrogen) atoms. The number of nitrogens with zero attached hydrogens (tertiary/aromatic N) is 3. The Hall–Kier alpha value is -2.43. The molecule has 0 unspecified atom stereocenters. The van der Waals surface area contributed by atoms with E-state index < -0.39 is 0 Å². The summed E-state index contributed by atoms with van der Waals surface area (Å²) in [4.78, 5) is 26.9. The van der Waals surface area contributed by atoms with Crippen molar-refractivity contribution in [3.8, 4) is 0 Å². The molecule has 0 atom stereocenters. The maximum atomic E-state index is 12.7. The second-order valence-electron chi connectivity index (χ2n) is 8.47. The molecule has 1 aliphatic rings. The minimum Gasteiger partial charge on any atom is -0.342 e. The van der Waals surface area contributed by atoms with Gasteiger partial charge >= 0.3 is 0 Å². The van der Waals surface area contributed by atoms with E-state index in [4.69, 9.17) is 0 Å². The predicted molar refractivity (Wildman–Crippen MR) is 107 cm³/mol. The second kappa shape index (κ2) is 7.67. The van der Waals surface area contributed by atoms with Crippen LogP contribution in [0.1, 0.15) is 56.5 Å². The van der Waals surface area contributed by atoms with E-state index in [2.05, 4.69) is 25.9 Å². The van der Waals surface area contributed by atoms with Crippen molar-refractivity contribution in [1.29, 1.82) is 0 Å².